The Morgan fingerprint density at radius 3 is 2.00 bits per heavy atom. The molecule has 0 amide bonds. The van der Waals surface area contributed by atoms with Crippen LogP contribution in [0.15, 0.2) is 0 Å². The Balaban J connectivity index is 4.09. The predicted octanol–water partition coefficient (Wildman–Crippen LogP) is 3.77. The normalized spacial score (nSPS) is 11.5. The number of hydrogen-bond acceptors (Lipinski definition) is 5. The third kappa shape index (κ3) is 10.1. The maximum atomic E-state index is 12.3. The summed E-state index contributed by atoms with van der Waals surface area (Å²) in [5.41, 5.74) is 0. The molecular formula is C13H27O5P. The lowest BCUT2D eigenvalue weighted by Crippen LogP contribution is -2.10. The first kappa shape index (κ1) is 18.6. The van der Waals surface area contributed by atoms with Crippen LogP contribution >= 0.6 is 7.60 Å². The molecule has 0 aromatic heterocycles. The molecular weight excluding hydrogens is 267 g/mol. The van der Waals surface area contributed by atoms with Crippen molar-refractivity contribution in [2.24, 2.45) is 0 Å². The smallest absolute Gasteiger partial charge is 0.331 e. The van der Waals surface area contributed by atoms with E-state index in [0.717, 1.165) is 25.7 Å². The van der Waals surface area contributed by atoms with Crippen molar-refractivity contribution in [3.63, 3.8) is 0 Å². The van der Waals surface area contributed by atoms with Crippen LogP contribution in [0, 0.1) is 0 Å². The lowest BCUT2D eigenvalue weighted by atomic mass is 10.4. The van der Waals surface area contributed by atoms with Crippen molar-refractivity contribution in [3.05, 3.63) is 0 Å². The molecule has 0 N–H and O–H groups in total. The molecule has 0 aliphatic heterocycles. The SMILES string of the molecule is CCCCOC(=O)CCP(=O)(OCCC)OCCC. The van der Waals surface area contributed by atoms with Crippen LogP contribution < -0.4 is 0 Å². The Morgan fingerprint density at radius 2 is 1.53 bits per heavy atom. The molecule has 0 spiro atoms. The van der Waals surface area contributed by atoms with Crippen molar-refractivity contribution in [2.45, 2.75) is 52.9 Å². The quantitative estimate of drug-likeness (QED) is 0.311. The highest BCUT2D eigenvalue weighted by Crippen LogP contribution is 2.48. The van der Waals surface area contributed by atoms with Gasteiger partial charge in [-0.15, -0.1) is 0 Å². The van der Waals surface area contributed by atoms with Gasteiger partial charge in [0.2, 0.25) is 0 Å². The minimum atomic E-state index is -3.15. The molecule has 0 aromatic rings. The van der Waals surface area contributed by atoms with Crippen molar-refractivity contribution in [1.82, 2.24) is 0 Å². The molecule has 5 nitrogen and oxygen atoms in total. The Morgan fingerprint density at radius 1 is 0.947 bits per heavy atom. The Hall–Kier alpha value is -0.380. The third-order valence-electron chi connectivity index (χ3n) is 2.33. The van der Waals surface area contributed by atoms with E-state index in [4.69, 9.17) is 13.8 Å². The van der Waals surface area contributed by atoms with Gasteiger partial charge in [-0.05, 0) is 19.3 Å². The van der Waals surface area contributed by atoms with Crippen LogP contribution in [0.3, 0.4) is 0 Å². The molecule has 0 unspecified atom stereocenters. The van der Waals surface area contributed by atoms with E-state index in [9.17, 15) is 9.36 Å². The molecule has 0 aliphatic rings. The van der Waals surface area contributed by atoms with E-state index in [-0.39, 0.29) is 18.6 Å². The third-order valence-corrected chi connectivity index (χ3v) is 4.26. The van der Waals surface area contributed by atoms with Gasteiger partial charge in [0, 0.05) is 0 Å². The summed E-state index contributed by atoms with van der Waals surface area (Å²) in [6, 6.07) is 0. The van der Waals surface area contributed by atoms with Gasteiger partial charge in [-0.2, -0.15) is 0 Å². The molecule has 0 aliphatic carbocycles. The molecule has 0 atom stereocenters. The number of carbonyl (C=O) groups excluding carboxylic acids is 1. The van der Waals surface area contributed by atoms with Crippen molar-refractivity contribution in [1.29, 1.82) is 0 Å². The molecule has 0 aromatic carbocycles. The van der Waals surface area contributed by atoms with E-state index in [1.165, 1.54) is 0 Å². The lowest BCUT2D eigenvalue weighted by molar-refractivity contribution is -0.143. The summed E-state index contributed by atoms with van der Waals surface area (Å²) < 4.78 is 27.9. The fraction of sp³-hybridized carbons (Fsp3) is 0.923. The highest BCUT2D eigenvalue weighted by Gasteiger charge is 2.25. The second-order valence-corrected chi connectivity index (χ2v) is 6.51. The predicted molar refractivity (Wildman–Crippen MR) is 75.4 cm³/mol. The van der Waals surface area contributed by atoms with Crippen molar-refractivity contribution < 1.29 is 23.1 Å². The first-order valence-electron chi connectivity index (χ1n) is 7.11. The van der Waals surface area contributed by atoms with E-state index >= 15 is 0 Å². The second kappa shape index (κ2) is 11.4. The fourth-order valence-corrected chi connectivity index (χ4v) is 2.97. The molecule has 114 valence electrons. The summed E-state index contributed by atoms with van der Waals surface area (Å²) in [7, 11) is -3.15. The van der Waals surface area contributed by atoms with Gasteiger partial charge >= 0.3 is 13.6 Å². The van der Waals surface area contributed by atoms with E-state index in [1.807, 2.05) is 20.8 Å². The fourth-order valence-electron chi connectivity index (χ4n) is 1.26. The number of unbranched alkanes of at least 4 members (excludes halogenated alkanes) is 1. The van der Waals surface area contributed by atoms with Gasteiger partial charge in [0.25, 0.3) is 0 Å². The zero-order valence-electron chi connectivity index (χ0n) is 12.4. The number of hydrogen-bond donors (Lipinski definition) is 0. The zero-order chi connectivity index (χ0) is 14.6. The van der Waals surface area contributed by atoms with Crippen molar-refractivity contribution in [2.75, 3.05) is 26.0 Å². The van der Waals surface area contributed by atoms with Gasteiger partial charge in [0.1, 0.15) is 0 Å². The largest absolute Gasteiger partial charge is 0.466 e. The van der Waals surface area contributed by atoms with Crippen molar-refractivity contribution in [3.8, 4) is 0 Å². The summed E-state index contributed by atoms with van der Waals surface area (Å²) in [6.45, 7) is 7.08. The Labute approximate surface area is 116 Å². The maximum absolute atomic E-state index is 12.3. The lowest BCUT2D eigenvalue weighted by Gasteiger charge is -2.17. The highest BCUT2D eigenvalue weighted by atomic mass is 31.2. The summed E-state index contributed by atoms with van der Waals surface area (Å²) in [6.07, 6.45) is 3.53. The Kier molecular flexibility index (Phi) is 11.2. The van der Waals surface area contributed by atoms with Gasteiger partial charge in [-0.1, -0.05) is 27.2 Å². The molecule has 19 heavy (non-hydrogen) atoms. The highest BCUT2D eigenvalue weighted by molar-refractivity contribution is 7.53. The van der Waals surface area contributed by atoms with Gasteiger partial charge in [0.05, 0.1) is 32.4 Å². The summed E-state index contributed by atoms with van der Waals surface area (Å²) >= 11 is 0. The zero-order valence-corrected chi connectivity index (χ0v) is 13.2. The minimum Gasteiger partial charge on any atom is -0.466 e. The van der Waals surface area contributed by atoms with E-state index in [0.29, 0.717) is 19.8 Å². The van der Waals surface area contributed by atoms with Crippen LogP contribution in [0.1, 0.15) is 52.9 Å². The van der Waals surface area contributed by atoms with Gasteiger partial charge in [0.15, 0.2) is 0 Å². The first-order chi connectivity index (χ1) is 9.08. The average Bonchev–Trinajstić information content (AvgIpc) is 2.41. The van der Waals surface area contributed by atoms with Crippen LogP contribution in [0.2, 0.25) is 0 Å². The van der Waals surface area contributed by atoms with Gasteiger partial charge < -0.3 is 13.8 Å². The van der Waals surface area contributed by atoms with Crippen LogP contribution in [-0.4, -0.2) is 32.0 Å². The molecule has 0 heterocycles. The van der Waals surface area contributed by atoms with E-state index in [2.05, 4.69) is 0 Å². The second-order valence-electron chi connectivity index (χ2n) is 4.32. The molecule has 0 rings (SSSR count). The number of ether oxygens (including phenoxy) is 1. The monoisotopic (exact) mass is 294 g/mol. The van der Waals surface area contributed by atoms with Crippen LogP contribution in [0.25, 0.3) is 0 Å². The number of esters is 1. The maximum Gasteiger partial charge on any atom is 0.331 e. The molecule has 0 fully saturated rings. The van der Waals surface area contributed by atoms with E-state index in [1.54, 1.807) is 0 Å². The molecule has 6 heteroatoms. The van der Waals surface area contributed by atoms with Crippen LogP contribution in [0.5, 0.6) is 0 Å². The number of carbonyl (C=O) groups is 1. The van der Waals surface area contributed by atoms with Crippen LogP contribution in [-0.2, 0) is 23.1 Å². The Bertz CT molecular complexity index is 268. The summed E-state index contributed by atoms with van der Waals surface area (Å²) in [5, 5.41) is 0. The minimum absolute atomic E-state index is 0.0778. The van der Waals surface area contributed by atoms with Crippen molar-refractivity contribution >= 4 is 13.6 Å². The first-order valence-corrected chi connectivity index (χ1v) is 8.84. The molecule has 0 saturated heterocycles. The topological polar surface area (TPSA) is 61.8 Å². The number of rotatable bonds is 12. The molecule has 0 radical (unpaired) electrons. The summed E-state index contributed by atoms with van der Waals surface area (Å²) in [5.74, 6) is -0.339. The van der Waals surface area contributed by atoms with Crippen LogP contribution in [0.4, 0.5) is 0 Å². The average molecular weight is 294 g/mol. The molecule has 0 bridgehead atoms. The van der Waals surface area contributed by atoms with E-state index < -0.39 is 7.60 Å². The standard InChI is InChI=1S/C13H27O5P/c1-4-7-11-16-13(14)8-12-19(15,17-9-5-2)18-10-6-3/h4-12H2,1-3H3. The van der Waals surface area contributed by atoms with Gasteiger partial charge in [-0.3, -0.25) is 9.36 Å². The molecule has 0 saturated carbocycles. The summed E-state index contributed by atoms with van der Waals surface area (Å²) in [4.78, 5) is 11.5. The van der Waals surface area contributed by atoms with Gasteiger partial charge in [-0.25, -0.2) is 0 Å².